The van der Waals surface area contributed by atoms with E-state index in [4.69, 9.17) is 9.84 Å². The average Bonchev–Trinajstić information content (AvgIpc) is 2.44. The maximum atomic E-state index is 11.1. The summed E-state index contributed by atoms with van der Waals surface area (Å²) in [5.74, 6) is -0.232. The number of nitrogens with zero attached hydrogens (tertiary/aromatic N) is 1. The molecule has 0 aliphatic heterocycles. The van der Waals surface area contributed by atoms with E-state index in [1.807, 2.05) is 26.0 Å². The minimum Gasteiger partial charge on any atom is -0.492 e. The number of pyridine rings is 1. The summed E-state index contributed by atoms with van der Waals surface area (Å²) in [5.41, 5.74) is 2.86. The molecule has 0 aliphatic carbocycles. The molecule has 20 heavy (non-hydrogen) atoms. The predicted octanol–water partition coefficient (Wildman–Crippen LogP) is 3.54. The van der Waals surface area contributed by atoms with Crippen LogP contribution >= 0.6 is 0 Å². The van der Waals surface area contributed by atoms with E-state index in [-0.39, 0.29) is 5.56 Å². The zero-order valence-electron chi connectivity index (χ0n) is 11.6. The lowest BCUT2D eigenvalue weighted by molar-refractivity contribution is 0.0697. The molecule has 1 aromatic heterocycles. The lowest BCUT2D eigenvalue weighted by Gasteiger charge is -2.08. The number of carboxylic acids is 1. The zero-order valence-corrected chi connectivity index (χ0v) is 11.6. The van der Waals surface area contributed by atoms with Crippen LogP contribution in [0.25, 0.3) is 11.1 Å². The Balaban J connectivity index is 2.38. The molecule has 0 amide bonds. The molecule has 0 saturated heterocycles. The fraction of sp³-hybridized carbons (Fsp3) is 0.250. The second-order valence-electron chi connectivity index (χ2n) is 4.65. The normalized spacial score (nSPS) is 10.3. The van der Waals surface area contributed by atoms with E-state index in [9.17, 15) is 4.79 Å². The van der Waals surface area contributed by atoms with Crippen LogP contribution in [-0.4, -0.2) is 22.7 Å². The molecule has 4 heteroatoms. The molecule has 2 aromatic rings. The van der Waals surface area contributed by atoms with Gasteiger partial charge in [0.15, 0.2) is 0 Å². The molecule has 0 radical (unpaired) electrons. The van der Waals surface area contributed by atoms with E-state index in [2.05, 4.69) is 4.98 Å². The number of benzene rings is 1. The van der Waals surface area contributed by atoms with Crippen molar-refractivity contribution in [3.8, 4) is 16.9 Å². The summed E-state index contributed by atoms with van der Waals surface area (Å²) in [6, 6.07) is 7.11. The number of carboxylic acid groups (broad SMARTS) is 1. The van der Waals surface area contributed by atoms with Crippen molar-refractivity contribution in [3.63, 3.8) is 0 Å². The molecular weight excluding hydrogens is 254 g/mol. The molecule has 0 atom stereocenters. The average molecular weight is 271 g/mol. The first kappa shape index (κ1) is 14.1. The monoisotopic (exact) mass is 271 g/mol. The van der Waals surface area contributed by atoms with Crippen molar-refractivity contribution >= 4 is 5.97 Å². The molecule has 0 unspecified atom stereocenters. The Bertz CT molecular complexity index is 623. The molecule has 104 valence electrons. The molecule has 0 spiro atoms. The van der Waals surface area contributed by atoms with Gasteiger partial charge in [-0.3, -0.25) is 4.98 Å². The van der Waals surface area contributed by atoms with Crippen LogP contribution in [0.5, 0.6) is 5.75 Å². The van der Waals surface area contributed by atoms with E-state index in [0.29, 0.717) is 12.4 Å². The van der Waals surface area contributed by atoms with Crippen LogP contribution in [0, 0.1) is 6.92 Å². The summed E-state index contributed by atoms with van der Waals surface area (Å²) in [6.07, 6.45) is 4.30. The van der Waals surface area contributed by atoms with E-state index in [1.165, 1.54) is 0 Å². The fourth-order valence-electron chi connectivity index (χ4n) is 1.95. The van der Waals surface area contributed by atoms with E-state index < -0.39 is 5.97 Å². The second-order valence-corrected chi connectivity index (χ2v) is 4.65. The number of ether oxygens (including phenoxy) is 1. The highest BCUT2D eigenvalue weighted by Crippen LogP contribution is 2.25. The molecule has 1 heterocycles. The summed E-state index contributed by atoms with van der Waals surface area (Å²) in [7, 11) is 0. The van der Waals surface area contributed by atoms with Crippen molar-refractivity contribution < 1.29 is 14.6 Å². The quantitative estimate of drug-likeness (QED) is 0.903. The number of aryl methyl sites for hydroxylation is 1. The minimum absolute atomic E-state index is 0.278. The Morgan fingerprint density at radius 2 is 2.00 bits per heavy atom. The summed E-state index contributed by atoms with van der Waals surface area (Å²) in [6.45, 7) is 4.55. The van der Waals surface area contributed by atoms with Crippen LogP contribution in [0.3, 0.4) is 0 Å². The number of carbonyl (C=O) groups is 1. The first-order valence-electron chi connectivity index (χ1n) is 6.53. The van der Waals surface area contributed by atoms with Gasteiger partial charge in [-0.15, -0.1) is 0 Å². The number of hydrogen-bond donors (Lipinski definition) is 1. The molecule has 0 bridgehead atoms. The standard InChI is InChI=1S/C16H17NO3/c1-3-4-20-15-8-14(9-17-10-15)12-5-11(2)6-13(7-12)16(18)19/h5-10H,3-4H2,1-2H3,(H,18,19). The molecule has 2 rings (SSSR count). The molecule has 1 N–H and O–H groups in total. The smallest absolute Gasteiger partial charge is 0.335 e. The fourth-order valence-corrected chi connectivity index (χ4v) is 1.95. The van der Waals surface area contributed by atoms with Crippen LogP contribution in [0.2, 0.25) is 0 Å². The number of aromatic carboxylic acids is 1. The molecule has 1 aromatic carbocycles. The van der Waals surface area contributed by atoms with Gasteiger partial charge in [-0.1, -0.05) is 13.0 Å². The first-order chi connectivity index (χ1) is 9.60. The predicted molar refractivity (Wildman–Crippen MR) is 77.2 cm³/mol. The van der Waals surface area contributed by atoms with Crippen LogP contribution < -0.4 is 4.74 Å². The van der Waals surface area contributed by atoms with Gasteiger partial charge in [0.2, 0.25) is 0 Å². The van der Waals surface area contributed by atoms with Gasteiger partial charge in [-0.2, -0.15) is 0 Å². The molecule has 0 fully saturated rings. The Morgan fingerprint density at radius 3 is 2.70 bits per heavy atom. The number of hydrogen-bond acceptors (Lipinski definition) is 3. The summed E-state index contributed by atoms with van der Waals surface area (Å²) >= 11 is 0. The van der Waals surface area contributed by atoms with Gasteiger partial charge in [-0.25, -0.2) is 4.79 Å². The van der Waals surface area contributed by atoms with Crippen molar-refractivity contribution in [2.45, 2.75) is 20.3 Å². The van der Waals surface area contributed by atoms with Gasteiger partial charge < -0.3 is 9.84 Å². The van der Waals surface area contributed by atoms with Crippen LogP contribution in [0.1, 0.15) is 29.3 Å². The Hall–Kier alpha value is -2.36. The van der Waals surface area contributed by atoms with Crippen molar-refractivity contribution in [2.24, 2.45) is 0 Å². The summed E-state index contributed by atoms with van der Waals surface area (Å²) in [4.78, 5) is 15.3. The third-order valence-corrected chi connectivity index (χ3v) is 2.84. The van der Waals surface area contributed by atoms with Gasteiger partial charge in [0.1, 0.15) is 5.75 Å². The highest BCUT2D eigenvalue weighted by atomic mass is 16.5. The number of aromatic nitrogens is 1. The van der Waals surface area contributed by atoms with Gasteiger partial charge >= 0.3 is 5.97 Å². The van der Waals surface area contributed by atoms with Crippen LogP contribution in [0.15, 0.2) is 36.7 Å². The largest absolute Gasteiger partial charge is 0.492 e. The lowest BCUT2D eigenvalue weighted by atomic mass is 10.0. The third kappa shape index (κ3) is 3.35. The van der Waals surface area contributed by atoms with Gasteiger partial charge in [0.25, 0.3) is 0 Å². The van der Waals surface area contributed by atoms with Crippen LogP contribution in [0.4, 0.5) is 0 Å². The zero-order chi connectivity index (χ0) is 14.5. The Labute approximate surface area is 118 Å². The maximum Gasteiger partial charge on any atom is 0.335 e. The molecule has 0 aliphatic rings. The lowest BCUT2D eigenvalue weighted by Crippen LogP contribution is -1.98. The first-order valence-corrected chi connectivity index (χ1v) is 6.53. The van der Waals surface area contributed by atoms with E-state index >= 15 is 0 Å². The summed E-state index contributed by atoms with van der Waals surface area (Å²) < 4.78 is 5.55. The molecule has 0 saturated carbocycles. The third-order valence-electron chi connectivity index (χ3n) is 2.84. The van der Waals surface area contributed by atoms with Gasteiger partial charge in [0.05, 0.1) is 18.4 Å². The van der Waals surface area contributed by atoms with E-state index in [0.717, 1.165) is 23.1 Å². The van der Waals surface area contributed by atoms with Crippen molar-refractivity contribution in [1.29, 1.82) is 0 Å². The SMILES string of the molecule is CCCOc1cncc(-c2cc(C)cc(C(=O)O)c2)c1. The van der Waals surface area contributed by atoms with Gasteiger partial charge in [0, 0.05) is 11.8 Å². The van der Waals surface area contributed by atoms with Crippen LogP contribution in [-0.2, 0) is 0 Å². The summed E-state index contributed by atoms with van der Waals surface area (Å²) in [5, 5.41) is 9.11. The second kappa shape index (κ2) is 6.19. The highest BCUT2D eigenvalue weighted by molar-refractivity contribution is 5.89. The maximum absolute atomic E-state index is 11.1. The van der Waals surface area contributed by atoms with Crippen molar-refractivity contribution in [2.75, 3.05) is 6.61 Å². The topological polar surface area (TPSA) is 59.4 Å². The van der Waals surface area contributed by atoms with Crippen molar-refractivity contribution in [1.82, 2.24) is 4.98 Å². The van der Waals surface area contributed by atoms with E-state index in [1.54, 1.807) is 24.5 Å². The minimum atomic E-state index is -0.929. The van der Waals surface area contributed by atoms with Gasteiger partial charge in [-0.05, 0) is 42.7 Å². The highest BCUT2D eigenvalue weighted by Gasteiger charge is 2.08. The molecule has 4 nitrogen and oxygen atoms in total. The Morgan fingerprint density at radius 1 is 1.20 bits per heavy atom. The Kier molecular flexibility index (Phi) is 4.35. The molecular formula is C16H17NO3. The number of rotatable bonds is 5. The van der Waals surface area contributed by atoms with Crippen molar-refractivity contribution in [3.05, 3.63) is 47.8 Å².